The largest absolute Gasteiger partial charge is 0.497 e. The molecule has 4 heteroatoms. The van der Waals surface area contributed by atoms with Gasteiger partial charge in [-0.25, -0.2) is 4.68 Å². The Labute approximate surface area is 144 Å². The molecule has 0 atom stereocenters. The van der Waals surface area contributed by atoms with E-state index in [1.165, 1.54) is 5.39 Å². The molecule has 0 aliphatic heterocycles. The lowest BCUT2D eigenvalue weighted by Crippen LogP contribution is -1.88. The third kappa shape index (κ3) is 2.15. The molecule has 0 spiro atoms. The number of benzene rings is 3. The summed E-state index contributed by atoms with van der Waals surface area (Å²) >= 11 is 0. The van der Waals surface area contributed by atoms with E-state index in [-0.39, 0.29) is 0 Å². The Morgan fingerprint density at radius 3 is 2.88 bits per heavy atom. The molecule has 2 aromatic heterocycles. The minimum absolute atomic E-state index is 0.843. The van der Waals surface area contributed by atoms with Crippen molar-refractivity contribution in [3.05, 3.63) is 66.4 Å². The first-order valence-corrected chi connectivity index (χ1v) is 8.14. The average molecular weight is 325 g/mol. The van der Waals surface area contributed by atoms with E-state index in [9.17, 15) is 0 Å². The number of methoxy groups -OCH3 is 1. The highest BCUT2D eigenvalue weighted by atomic mass is 16.5. The third-order valence-corrected chi connectivity index (χ3v) is 4.55. The molecule has 0 aliphatic rings. The summed E-state index contributed by atoms with van der Waals surface area (Å²) in [7, 11) is 1.68. The van der Waals surface area contributed by atoms with Crippen LogP contribution in [0.1, 0.15) is 5.56 Å². The number of rotatable bonds is 3. The fourth-order valence-electron chi connectivity index (χ4n) is 3.35. The minimum atomic E-state index is 0.843. The van der Waals surface area contributed by atoms with Crippen molar-refractivity contribution in [2.75, 3.05) is 7.11 Å². The fourth-order valence-corrected chi connectivity index (χ4v) is 3.35. The molecule has 0 aliphatic carbocycles. The number of aromatic nitrogens is 3. The molecule has 0 saturated carbocycles. The van der Waals surface area contributed by atoms with E-state index in [2.05, 4.69) is 29.2 Å². The second kappa shape index (κ2) is 5.31. The van der Waals surface area contributed by atoms with E-state index >= 15 is 0 Å². The van der Waals surface area contributed by atoms with Gasteiger partial charge in [0, 0.05) is 28.6 Å². The van der Waals surface area contributed by atoms with E-state index in [1.807, 2.05) is 53.5 Å². The maximum atomic E-state index is 5.29. The summed E-state index contributed by atoms with van der Waals surface area (Å²) in [5, 5.41) is 8.24. The molecule has 0 saturated heterocycles. The highest BCUT2D eigenvalue weighted by molar-refractivity contribution is 6.19. The summed E-state index contributed by atoms with van der Waals surface area (Å²) in [6.07, 6.45) is 5.88. The summed E-state index contributed by atoms with van der Waals surface area (Å²) in [6.45, 7) is 0. The smallest absolute Gasteiger partial charge is 0.119 e. The highest BCUT2D eigenvalue weighted by Crippen LogP contribution is 2.33. The number of hydrogen-bond donors (Lipinski definition) is 0. The monoisotopic (exact) mass is 325 g/mol. The zero-order valence-electron chi connectivity index (χ0n) is 13.7. The minimum Gasteiger partial charge on any atom is -0.497 e. The Kier molecular flexibility index (Phi) is 2.97. The molecule has 2 heterocycles. The van der Waals surface area contributed by atoms with Gasteiger partial charge in [0.15, 0.2) is 0 Å². The van der Waals surface area contributed by atoms with Crippen molar-refractivity contribution < 1.29 is 4.74 Å². The molecule has 0 N–H and O–H groups in total. The van der Waals surface area contributed by atoms with Gasteiger partial charge in [-0.15, -0.1) is 0 Å². The molecule has 5 aromatic rings. The number of nitrogens with zero attached hydrogens (tertiary/aromatic N) is 3. The van der Waals surface area contributed by atoms with Gasteiger partial charge in [-0.1, -0.05) is 24.3 Å². The van der Waals surface area contributed by atoms with Gasteiger partial charge < -0.3 is 4.74 Å². The van der Waals surface area contributed by atoms with Crippen LogP contribution in [0.15, 0.2) is 60.8 Å². The molecule has 4 nitrogen and oxygen atoms in total. The van der Waals surface area contributed by atoms with Crippen LogP contribution in [0, 0.1) is 0 Å². The van der Waals surface area contributed by atoms with Crippen LogP contribution in [-0.2, 0) is 0 Å². The number of pyridine rings is 1. The predicted molar refractivity (Wildman–Crippen MR) is 102 cm³/mol. The van der Waals surface area contributed by atoms with Gasteiger partial charge in [-0.3, -0.25) is 4.98 Å². The van der Waals surface area contributed by atoms with Crippen LogP contribution in [-0.4, -0.2) is 21.9 Å². The first kappa shape index (κ1) is 14.0. The second-order valence-corrected chi connectivity index (χ2v) is 6.01. The molecule has 2 bridgehead atoms. The molecular weight excluding hydrogens is 310 g/mol. The molecule has 5 rings (SSSR count). The Morgan fingerprint density at radius 2 is 1.96 bits per heavy atom. The zero-order chi connectivity index (χ0) is 16.8. The summed E-state index contributed by atoms with van der Waals surface area (Å²) < 4.78 is 7.22. The van der Waals surface area contributed by atoms with Crippen molar-refractivity contribution in [2.24, 2.45) is 0 Å². The lowest BCUT2D eigenvalue weighted by Gasteiger charge is -2.02. The quantitative estimate of drug-likeness (QED) is 0.478. The Balaban J connectivity index is 1.71. The molecule has 0 radical (unpaired) electrons. The fraction of sp³-hybridized carbons (Fsp3) is 0.0476. The van der Waals surface area contributed by atoms with Gasteiger partial charge in [-0.05, 0) is 42.0 Å². The van der Waals surface area contributed by atoms with Crippen molar-refractivity contribution in [1.82, 2.24) is 14.8 Å². The van der Waals surface area contributed by atoms with E-state index in [0.717, 1.165) is 38.6 Å². The second-order valence-electron chi connectivity index (χ2n) is 6.01. The van der Waals surface area contributed by atoms with Gasteiger partial charge in [0.2, 0.25) is 0 Å². The van der Waals surface area contributed by atoms with Crippen molar-refractivity contribution in [3.63, 3.8) is 0 Å². The molecular formula is C21H15N3O. The summed E-state index contributed by atoms with van der Waals surface area (Å²) in [4.78, 5) is 4.49. The third-order valence-electron chi connectivity index (χ3n) is 4.55. The van der Waals surface area contributed by atoms with Crippen LogP contribution < -0.4 is 4.74 Å². The van der Waals surface area contributed by atoms with Gasteiger partial charge in [0.1, 0.15) is 11.3 Å². The lowest BCUT2D eigenvalue weighted by molar-refractivity contribution is 0.414. The number of hydrogen-bond acceptors (Lipinski definition) is 3. The van der Waals surface area contributed by atoms with Crippen LogP contribution in [0.3, 0.4) is 0 Å². The van der Waals surface area contributed by atoms with Gasteiger partial charge in [-0.2, -0.15) is 5.10 Å². The van der Waals surface area contributed by atoms with Crippen LogP contribution in [0.2, 0.25) is 0 Å². The summed E-state index contributed by atoms with van der Waals surface area (Å²) in [5.41, 5.74) is 4.17. The average Bonchev–Trinajstić information content (AvgIpc) is 3.05. The van der Waals surface area contributed by atoms with Crippen molar-refractivity contribution in [3.8, 4) is 5.75 Å². The van der Waals surface area contributed by atoms with E-state index in [0.29, 0.717) is 0 Å². The number of ether oxygens (including phenoxy) is 1. The predicted octanol–water partition coefficient (Wildman–Crippen LogP) is 4.81. The highest BCUT2D eigenvalue weighted by Gasteiger charge is 2.13. The van der Waals surface area contributed by atoms with Gasteiger partial charge in [0.25, 0.3) is 0 Å². The SMILES string of the molecule is COc1cccc(C=Cn2nc3c4ccnc(c4)c4cccc2c43)c1. The molecule has 3 aromatic carbocycles. The molecule has 120 valence electrons. The van der Waals surface area contributed by atoms with E-state index < -0.39 is 0 Å². The molecule has 0 fully saturated rings. The standard InChI is InChI=1S/C21H15N3O/c1-25-16-5-2-4-14(12-16)9-11-24-19-7-3-6-17-18-13-15(8-10-22-18)21(23-24)20(17)19/h2-13H,1H3. The van der Waals surface area contributed by atoms with E-state index in [4.69, 9.17) is 9.84 Å². The van der Waals surface area contributed by atoms with Crippen LogP contribution in [0.25, 0.3) is 45.0 Å². The van der Waals surface area contributed by atoms with Crippen LogP contribution in [0.5, 0.6) is 5.75 Å². The molecule has 0 amide bonds. The van der Waals surface area contributed by atoms with E-state index in [1.54, 1.807) is 7.11 Å². The normalized spacial score (nSPS) is 12.0. The van der Waals surface area contributed by atoms with Crippen molar-refractivity contribution in [2.45, 2.75) is 0 Å². The first-order chi connectivity index (χ1) is 12.3. The topological polar surface area (TPSA) is 39.9 Å². The van der Waals surface area contributed by atoms with Gasteiger partial charge in [0.05, 0.1) is 18.1 Å². The van der Waals surface area contributed by atoms with Crippen molar-refractivity contribution >= 4 is 45.0 Å². The van der Waals surface area contributed by atoms with Crippen LogP contribution >= 0.6 is 0 Å². The number of fused-ring (bicyclic) bond motifs is 4. The van der Waals surface area contributed by atoms with Crippen LogP contribution in [0.4, 0.5) is 0 Å². The van der Waals surface area contributed by atoms with Gasteiger partial charge >= 0.3 is 0 Å². The summed E-state index contributed by atoms with van der Waals surface area (Å²) in [5.74, 6) is 0.843. The molecule has 25 heavy (non-hydrogen) atoms. The zero-order valence-corrected chi connectivity index (χ0v) is 13.7. The Morgan fingerprint density at radius 1 is 1.04 bits per heavy atom. The maximum Gasteiger partial charge on any atom is 0.119 e. The summed E-state index contributed by atoms with van der Waals surface area (Å²) in [6, 6.07) is 18.3. The Hall–Kier alpha value is -3.40. The van der Waals surface area contributed by atoms with Crippen molar-refractivity contribution in [1.29, 1.82) is 0 Å². The Bertz CT molecular complexity index is 1240. The lowest BCUT2D eigenvalue weighted by atomic mass is 10.0. The maximum absolute atomic E-state index is 5.29. The first-order valence-electron chi connectivity index (χ1n) is 8.14. The molecule has 0 unspecified atom stereocenters.